The third-order valence-corrected chi connectivity index (χ3v) is 7.58. The summed E-state index contributed by atoms with van der Waals surface area (Å²) in [7, 11) is 0. The van der Waals surface area contributed by atoms with Gasteiger partial charge < -0.3 is 19.0 Å². The van der Waals surface area contributed by atoms with Gasteiger partial charge in [0.15, 0.2) is 0 Å². The van der Waals surface area contributed by atoms with E-state index in [2.05, 4.69) is 17.9 Å². The maximum atomic E-state index is 13.2. The lowest BCUT2D eigenvalue weighted by atomic mass is 9.93. The smallest absolute Gasteiger partial charge is 0.246 e. The van der Waals surface area contributed by atoms with Gasteiger partial charge in [0.05, 0.1) is 17.3 Å². The highest BCUT2D eigenvalue weighted by Gasteiger charge is 2.25. The summed E-state index contributed by atoms with van der Waals surface area (Å²) in [5.74, 6) is 1.97. The molecule has 1 aliphatic heterocycles. The SMILES string of the molecule is CCOc1c(/C(C)=C/C(=O)N2CCN(c3ccccc3Cl)CC2)cc2c3c(oc2c1C)CCCC3. The highest BCUT2D eigenvalue weighted by molar-refractivity contribution is 6.33. The molecule has 3 aromatic rings. The molecule has 1 saturated heterocycles. The van der Waals surface area contributed by atoms with E-state index in [9.17, 15) is 4.79 Å². The largest absolute Gasteiger partial charge is 0.493 e. The third-order valence-electron chi connectivity index (χ3n) is 7.26. The number of carbonyl (C=O) groups excluding carboxylic acids is 1. The maximum absolute atomic E-state index is 13.2. The molecular formula is C29H33ClN2O3. The fourth-order valence-corrected chi connectivity index (χ4v) is 5.65. The number of hydrogen-bond donors (Lipinski definition) is 0. The number of benzene rings is 2. The molecule has 1 aromatic heterocycles. The lowest BCUT2D eigenvalue weighted by molar-refractivity contribution is -0.126. The lowest BCUT2D eigenvalue weighted by Crippen LogP contribution is -2.48. The number of anilines is 1. The molecule has 5 rings (SSSR count). The number of rotatable bonds is 5. The Morgan fingerprint density at radius 2 is 1.89 bits per heavy atom. The topological polar surface area (TPSA) is 45.9 Å². The van der Waals surface area contributed by atoms with Crippen molar-refractivity contribution in [3.63, 3.8) is 0 Å². The predicted molar refractivity (Wildman–Crippen MR) is 143 cm³/mol. The minimum absolute atomic E-state index is 0.0377. The van der Waals surface area contributed by atoms with Crippen molar-refractivity contribution in [1.29, 1.82) is 0 Å². The van der Waals surface area contributed by atoms with Crippen LogP contribution in [0.25, 0.3) is 16.5 Å². The van der Waals surface area contributed by atoms with Crippen LogP contribution in [0.5, 0.6) is 5.75 Å². The molecule has 2 heterocycles. The summed E-state index contributed by atoms with van der Waals surface area (Å²) in [6.45, 7) is 9.48. The average molecular weight is 493 g/mol. The van der Waals surface area contributed by atoms with Crippen LogP contribution in [0.1, 0.15) is 49.1 Å². The Morgan fingerprint density at radius 1 is 1.14 bits per heavy atom. The summed E-state index contributed by atoms with van der Waals surface area (Å²) in [6, 6.07) is 10.1. The van der Waals surface area contributed by atoms with Gasteiger partial charge >= 0.3 is 0 Å². The van der Waals surface area contributed by atoms with Crippen molar-refractivity contribution in [3.8, 4) is 5.75 Å². The number of carbonyl (C=O) groups is 1. The molecule has 35 heavy (non-hydrogen) atoms. The molecule has 0 saturated carbocycles. The van der Waals surface area contributed by atoms with Crippen LogP contribution in [0.4, 0.5) is 5.69 Å². The molecule has 1 amide bonds. The van der Waals surface area contributed by atoms with Gasteiger partial charge in [-0.1, -0.05) is 23.7 Å². The van der Waals surface area contributed by atoms with Gasteiger partial charge in [0.1, 0.15) is 17.1 Å². The monoisotopic (exact) mass is 492 g/mol. The van der Waals surface area contributed by atoms with Crippen molar-refractivity contribution in [2.75, 3.05) is 37.7 Å². The normalized spacial score (nSPS) is 16.5. The second kappa shape index (κ2) is 9.98. The number of halogens is 1. The minimum Gasteiger partial charge on any atom is -0.493 e. The van der Waals surface area contributed by atoms with E-state index in [-0.39, 0.29) is 5.91 Å². The Labute approximate surface area is 212 Å². The molecule has 5 nitrogen and oxygen atoms in total. The quantitative estimate of drug-likeness (QED) is 0.385. The summed E-state index contributed by atoms with van der Waals surface area (Å²) in [5.41, 5.74) is 6.20. The number of fused-ring (bicyclic) bond motifs is 3. The minimum atomic E-state index is 0.0377. The van der Waals surface area contributed by atoms with E-state index < -0.39 is 0 Å². The Kier molecular flexibility index (Phi) is 6.79. The van der Waals surface area contributed by atoms with Crippen LogP contribution in [-0.4, -0.2) is 43.6 Å². The first kappa shape index (κ1) is 23.8. The molecule has 1 fully saturated rings. The van der Waals surface area contributed by atoms with Gasteiger partial charge in [0, 0.05) is 60.8 Å². The van der Waals surface area contributed by atoms with Crippen molar-refractivity contribution >= 4 is 39.7 Å². The highest BCUT2D eigenvalue weighted by atomic mass is 35.5. The first-order chi connectivity index (χ1) is 17.0. The number of ether oxygens (including phenoxy) is 1. The molecule has 0 radical (unpaired) electrons. The van der Waals surface area contributed by atoms with E-state index in [1.54, 1.807) is 6.08 Å². The summed E-state index contributed by atoms with van der Waals surface area (Å²) < 4.78 is 12.4. The molecule has 0 bridgehead atoms. The van der Waals surface area contributed by atoms with Gasteiger partial charge in [-0.25, -0.2) is 0 Å². The van der Waals surface area contributed by atoms with Crippen LogP contribution in [0.3, 0.4) is 0 Å². The second-order valence-corrected chi connectivity index (χ2v) is 9.90. The van der Waals surface area contributed by atoms with Gasteiger partial charge in [-0.2, -0.15) is 0 Å². The van der Waals surface area contributed by atoms with Crippen molar-refractivity contribution in [2.24, 2.45) is 0 Å². The summed E-state index contributed by atoms with van der Waals surface area (Å²) >= 11 is 6.37. The number of piperazine rings is 1. The standard InChI is InChI=1S/C29H33ClN2O3/c1-4-34-28-20(3)29-23(21-9-5-8-12-26(21)35-29)18-22(28)19(2)17-27(33)32-15-13-31(14-16-32)25-11-7-6-10-24(25)30/h6-7,10-11,17-18H,4-5,8-9,12-16H2,1-3H3/b19-17+. The number of hydrogen-bond acceptors (Lipinski definition) is 4. The van der Waals surface area contributed by atoms with Crippen LogP contribution in [-0.2, 0) is 17.6 Å². The van der Waals surface area contributed by atoms with E-state index in [4.69, 9.17) is 20.8 Å². The number of furan rings is 1. The Hall–Kier alpha value is -2.92. The van der Waals surface area contributed by atoms with Crippen LogP contribution < -0.4 is 9.64 Å². The average Bonchev–Trinajstić information content (AvgIpc) is 3.25. The number of para-hydroxylation sites is 1. The van der Waals surface area contributed by atoms with Crippen LogP contribution in [0.2, 0.25) is 5.02 Å². The molecule has 0 atom stereocenters. The second-order valence-electron chi connectivity index (χ2n) is 9.49. The first-order valence-electron chi connectivity index (χ1n) is 12.7. The summed E-state index contributed by atoms with van der Waals surface area (Å²) in [5, 5.41) is 1.92. The van der Waals surface area contributed by atoms with E-state index in [1.807, 2.05) is 43.0 Å². The Morgan fingerprint density at radius 3 is 2.63 bits per heavy atom. The van der Waals surface area contributed by atoms with Gasteiger partial charge in [0.2, 0.25) is 5.91 Å². The molecule has 2 aliphatic rings. The molecule has 0 spiro atoms. The Bertz CT molecular complexity index is 1280. The van der Waals surface area contributed by atoms with Gasteiger partial charge in [-0.15, -0.1) is 0 Å². The van der Waals surface area contributed by atoms with Gasteiger partial charge in [0.25, 0.3) is 0 Å². The zero-order chi connectivity index (χ0) is 24.5. The molecule has 1 aliphatic carbocycles. The molecule has 6 heteroatoms. The number of aryl methyl sites for hydroxylation is 3. The van der Waals surface area contributed by atoms with E-state index in [1.165, 1.54) is 23.8 Å². The summed E-state index contributed by atoms with van der Waals surface area (Å²) in [6.07, 6.45) is 6.18. The Balaban J connectivity index is 1.40. The van der Waals surface area contributed by atoms with Crippen molar-refractivity contribution < 1.29 is 13.9 Å². The molecule has 184 valence electrons. The first-order valence-corrected chi connectivity index (χ1v) is 13.0. The molecule has 0 unspecified atom stereocenters. The van der Waals surface area contributed by atoms with Gasteiger partial charge in [-0.05, 0) is 63.8 Å². The van der Waals surface area contributed by atoms with Crippen LogP contribution >= 0.6 is 11.6 Å². The number of amides is 1. The fraction of sp³-hybridized carbons (Fsp3) is 0.414. The summed E-state index contributed by atoms with van der Waals surface area (Å²) in [4.78, 5) is 17.4. The van der Waals surface area contributed by atoms with Crippen molar-refractivity contribution in [1.82, 2.24) is 4.90 Å². The van der Waals surface area contributed by atoms with E-state index >= 15 is 0 Å². The van der Waals surface area contributed by atoms with Crippen LogP contribution in [0, 0.1) is 6.92 Å². The van der Waals surface area contributed by atoms with Crippen molar-refractivity contribution in [2.45, 2.75) is 46.5 Å². The molecule has 2 aromatic carbocycles. The zero-order valence-corrected chi connectivity index (χ0v) is 21.6. The number of nitrogens with zero attached hydrogens (tertiary/aromatic N) is 2. The van der Waals surface area contributed by atoms with E-state index in [0.717, 1.165) is 70.4 Å². The fourth-order valence-electron chi connectivity index (χ4n) is 5.39. The zero-order valence-electron chi connectivity index (χ0n) is 20.8. The molecular weight excluding hydrogens is 460 g/mol. The predicted octanol–water partition coefficient (Wildman–Crippen LogP) is 6.42. The lowest BCUT2D eigenvalue weighted by Gasteiger charge is -2.36. The van der Waals surface area contributed by atoms with Crippen LogP contribution in [0.15, 0.2) is 40.8 Å². The third kappa shape index (κ3) is 4.54. The number of allylic oxidation sites excluding steroid dienone is 1. The maximum Gasteiger partial charge on any atom is 0.246 e. The van der Waals surface area contributed by atoms with Gasteiger partial charge in [-0.3, -0.25) is 4.79 Å². The highest BCUT2D eigenvalue weighted by Crippen LogP contribution is 2.41. The van der Waals surface area contributed by atoms with Crippen molar-refractivity contribution in [3.05, 3.63) is 63.9 Å². The van der Waals surface area contributed by atoms with E-state index in [0.29, 0.717) is 19.7 Å². The molecule has 0 N–H and O–H groups in total.